The first-order valence-corrected chi connectivity index (χ1v) is 8.07. The van der Waals surface area contributed by atoms with Crippen LogP contribution in [0.2, 0.25) is 0 Å². The van der Waals surface area contributed by atoms with Crippen molar-refractivity contribution in [1.29, 1.82) is 0 Å². The Kier molecular flexibility index (Phi) is 6.87. The summed E-state index contributed by atoms with van der Waals surface area (Å²) in [6.07, 6.45) is 0.878. The van der Waals surface area contributed by atoms with E-state index in [1.807, 2.05) is 0 Å². The first-order valence-electron chi connectivity index (χ1n) is 7.28. The van der Waals surface area contributed by atoms with E-state index in [1.54, 1.807) is 26.0 Å². The van der Waals surface area contributed by atoms with Crippen molar-refractivity contribution in [3.05, 3.63) is 22.2 Å². The standard InChI is InChI=1S/C16H22BrNO5/c1-5-16(6-2,15(20)21)9-18-14(19)10-7-11(17)13(23-4)12(8-10)22-3/h7-8H,5-6,9H2,1-4H3,(H,18,19)(H,20,21). The van der Waals surface area contributed by atoms with E-state index < -0.39 is 11.4 Å². The molecule has 0 bridgehead atoms. The number of ether oxygens (including phenoxy) is 2. The summed E-state index contributed by atoms with van der Waals surface area (Å²) in [5, 5.41) is 12.1. The van der Waals surface area contributed by atoms with Crippen molar-refractivity contribution in [2.45, 2.75) is 26.7 Å². The maximum Gasteiger partial charge on any atom is 0.311 e. The SMILES string of the molecule is CCC(CC)(CNC(=O)c1cc(Br)c(OC)c(OC)c1)C(=O)O. The van der Waals surface area contributed by atoms with Crippen molar-refractivity contribution in [3.63, 3.8) is 0 Å². The number of carbonyl (C=O) groups excluding carboxylic acids is 1. The van der Waals surface area contributed by atoms with Crippen molar-refractivity contribution in [1.82, 2.24) is 5.32 Å². The lowest BCUT2D eigenvalue weighted by Crippen LogP contribution is -2.42. The topological polar surface area (TPSA) is 84.9 Å². The molecule has 0 heterocycles. The van der Waals surface area contributed by atoms with Crippen molar-refractivity contribution in [3.8, 4) is 11.5 Å². The zero-order chi connectivity index (χ0) is 17.6. The molecule has 1 aromatic carbocycles. The van der Waals surface area contributed by atoms with Gasteiger partial charge in [0.15, 0.2) is 11.5 Å². The lowest BCUT2D eigenvalue weighted by Gasteiger charge is -2.26. The molecule has 0 atom stereocenters. The highest BCUT2D eigenvalue weighted by Gasteiger charge is 2.35. The largest absolute Gasteiger partial charge is 0.493 e. The van der Waals surface area contributed by atoms with Crippen LogP contribution in [0.15, 0.2) is 16.6 Å². The normalized spacial score (nSPS) is 11.0. The van der Waals surface area contributed by atoms with Gasteiger partial charge in [-0.1, -0.05) is 13.8 Å². The third kappa shape index (κ3) is 4.16. The second-order valence-corrected chi connectivity index (χ2v) is 6.02. The number of aliphatic carboxylic acids is 1. The van der Waals surface area contributed by atoms with E-state index >= 15 is 0 Å². The fourth-order valence-electron chi connectivity index (χ4n) is 2.28. The average molecular weight is 388 g/mol. The van der Waals surface area contributed by atoms with Gasteiger partial charge in [0.1, 0.15) is 0 Å². The summed E-state index contributed by atoms with van der Waals surface area (Å²) < 4.78 is 11.0. The molecule has 1 aromatic rings. The van der Waals surface area contributed by atoms with Crippen LogP contribution in [0.25, 0.3) is 0 Å². The van der Waals surface area contributed by atoms with E-state index in [2.05, 4.69) is 21.2 Å². The van der Waals surface area contributed by atoms with Gasteiger partial charge in [-0.2, -0.15) is 0 Å². The number of nitrogens with one attached hydrogen (secondary N) is 1. The van der Waals surface area contributed by atoms with E-state index in [-0.39, 0.29) is 12.5 Å². The van der Waals surface area contributed by atoms with Crippen LogP contribution in [0, 0.1) is 5.41 Å². The summed E-state index contributed by atoms with van der Waals surface area (Å²) in [5.41, 5.74) is -0.593. The fraction of sp³-hybridized carbons (Fsp3) is 0.500. The maximum absolute atomic E-state index is 12.3. The third-order valence-electron chi connectivity index (χ3n) is 4.09. The molecule has 0 aliphatic rings. The van der Waals surface area contributed by atoms with Gasteiger partial charge in [-0.05, 0) is 40.9 Å². The minimum Gasteiger partial charge on any atom is -0.493 e. The van der Waals surface area contributed by atoms with Gasteiger partial charge >= 0.3 is 5.97 Å². The Bertz CT molecular complexity index is 584. The molecule has 23 heavy (non-hydrogen) atoms. The number of carboxylic acids is 1. The minimum absolute atomic E-state index is 0.0696. The van der Waals surface area contributed by atoms with Crippen LogP contribution in [0.3, 0.4) is 0 Å². The summed E-state index contributed by atoms with van der Waals surface area (Å²) in [7, 11) is 2.99. The number of carboxylic acid groups (broad SMARTS) is 1. The molecular weight excluding hydrogens is 366 g/mol. The molecule has 2 N–H and O–H groups in total. The van der Waals surface area contributed by atoms with Crippen molar-refractivity contribution < 1.29 is 24.2 Å². The summed E-state index contributed by atoms with van der Waals surface area (Å²) in [6.45, 7) is 3.67. The van der Waals surface area contributed by atoms with E-state index in [0.29, 0.717) is 34.4 Å². The molecule has 0 radical (unpaired) electrons. The molecule has 1 rings (SSSR count). The number of rotatable bonds is 8. The van der Waals surface area contributed by atoms with Crippen molar-refractivity contribution >= 4 is 27.8 Å². The van der Waals surface area contributed by atoms with Crippen LogP contribution in [-0.4, -0.2) is 37.7 Å². The van der Waals surface area contributed by atoms with E-state index in [0.717, 1.165) is 0 Å². The van der Waals surface area contributed by atoms with Gasteiger partial charge in [0, 0.05) is 12.1 Å². The smallest absolute Gasteiger partial charge is 0.311 e. The lowest BCUT2D eigenvalue weighted by molar-refractivity contribution is -0.149. The molecule has 0 aliphatic carbocycles. The molecule has 6 nitrogen and oxygen atoms in total. The molecule has 0 aromatic heterocycles. The Labute approximate surface area is 144 Å². The van der Waals surface area contributed by atoms with Gasteiger partial charge in [0.2, 0.25) is 0 Å². The van der Waals surface area contributed by atoms with Crippen LogP contribution in [0.4, 0.5) is 0 Å². The van der Waals surface area contributed by atoms with Crippen molar-refractivity contribution in [2.24, 2.45) is 5.41 Å². The summed E-state index contributed by atoms with van der Waals surface area (Å²) in [5.74, 6) is -0.357. The number of methoxy groups -OCH3 is 2. The van der Waals surface area contributed by atoms with Gasteiger partial charge in [0.25, 0.3) is 5.91 Å². The van der Waals surface area contributed by atoms with Gasteiger partial charge in [-0.3, -0.25) is 9.59 Å². The highest BCUT2D eigenvalue weighted by Crippen LogP contribution is 2.36. The van der Waals surface area contributed by atoms with Crippen LogP contribution in [-0.2, 0) is 4.79 Å². The van der Waals surface area contributed by atoms with Crippen LogP contribution < -0.4 is 14.8 Å². The zero-order valence-electron chi connectivity index (χ0n) is 13.7. The second kappa shape index (κ2) is 8.19. The minimum atomic E-state index is -0.955. The first kappa shape index (κ1) is 19.3. The molecule has 0 saturated heterocycles. The Hall–Kier alpha value is -1.76. The number of benzene rings is 1. The second-order valence-electron chi connectivity index (χ2n) is 5.17. The molecule has 1 amide bonds. The molecule has 0 spiro atoms. The van der Waals surface area contributed by atoms with Crippen molar-refractivity contribution in [2.75, 3.05) is 20.8 Å². The molecular formula is C16H22BrNO5. The van der Waals surface area contributed by atoms with Gasteiger partial charge in [-0.25, -0.2) is 0 Å². The molecule has 0 fully saturated rings. The monoisotopic (exact) mass is 387 g/mol. The number of hydrogen-bond donors (Lipinski definition) is 2. The van der Waals surface area contributed by atoms with E-state index in [1.165, 1.54) is 14.2 Å². The van der Waals surface area contributed by atoms with Gasteiger partial charge < -0.3 is 19.9 Å². The van der Waals surface area contributed by atoms with E-state index in [4.69, 9.17) is 9.47 Å². The molecule has 0 aliphatic heterocycles. The summed E-state index contributed by atoms with van der Waals surface area (Å²) >= 11 is 3.33. The number of hydrogen-bond acceptors (Lipinski definition) is 4. The Morgan fingerprint density at radius 3 is 2.26 bits per heavy atom. The first-order chi connectivity index (χ1) is 10.8. The predicted molar refractivity (Wildman–Crippen MR) is 90.2 cm³/mol. The van der Waals surface area contributed by atoms with Crippen LogP contribution >= 0.6 is 15.9 Å². The third-order valence-corrected chi connectivity index (χ3v) is 4.68. The Morgan fingerprint density at radius 2 is 1.83 bits per heavy atom. The molecule has 7 heteroatoms. The number of carbonyl (C=O) groups is 2. The summed E-state index contributed by atoms with van der Waals surface area (Å²) in [4.78, 5) is 23.8. The van der Waals surface area contributed by atoms with Gasteiger partial charge in [-0.15, -0.1) is 0 Å². The highest BCUT2D eigenvalue weighted by molar-refractivity contribution is 9.10. The average Bonchev–Trinajstić information content (AvgIpc) is 2.54. The zero-order valence-corrected chi connectivity index (χ0v) is 15.3. The highest BCUT2D eigenvalue weighted by atomic mass is 79.9. The van der Waals surface area contributed by atoms with Crippen LogP contribution in [0.5, 0.6) is 11.5 Å². The lowest BCUT2D eigenvalue weighted by atomic mass is 9.82. The Balaban J connectivity index is 2.99. The van der Waals surface area contributed by atoms with E-state index in [9.17, 15) is 14.7 Å². The number of halogens is 1. The van der Waals surface area contributed by atoms with Gasteiger partial charge in [0.05, 0.1) is 24.1 Å². The van der Waals surface area contributed by atoms with Crippen LogP contribution in [0.1, 0.15) is 37.0 Å². The quantitative estimate of drug-likeness (QED) is 0.715. The predicted octanol–water partition coefficient (Wildman–Crippen LogP) is 3.09. The Morgan fingerprint density at radius 1 is 1.22 bits per heavy atom. The number of amides is 1. The summed E-state index contributed by atoms with van der Waals surface area (Å²) in [6, 6.07) is 3.16. The molecule has 0 unspecified atom stereocenters. The fourth-order valence-corrected chi connectivity index (χ4v) is 2.88. The molecule has 128 valence electrons. The molecule has 0 saturated carbocycles. The maximum atomic E-state index is 12.3.